The van der Waals surface area contributed by atoms with E-state index < -0.39 is 0 Å². The third-order valence-corrected chi connectivity index (χ3v) is 6.15. The average Bonchev–Trinajstić information content (AvgIpc) is 2.84. The number of nitrogens with one attached hydrogen (secondary N) is 2. The van der Waals surface area contributed by atoms with Crippen molar-refractivity contribution in [1.29, 1.82) is 0 Å². The zero-order valence-corrected chi connectivity index (χ0v) is 17.3. The molecule has 2 heterocycles. The molecule has 1 aliphatic heterocycles. The van der Waals surface area contributed by atoms with E-state index in [9.17, 15) is 4.79 Å². The molecule has 4 nitrogen and oxygen atoms in total. The second-order valence-electron chi connectivity index (χ2n) is 7.12. The fraction of sp³-hybridized carbons (Fsp3) is 0.318. The van der Waals surface area contributed by atoms with Crippen LogP contribution in [0.3, 0.4) is 0 Å². The molecule has 1 aromatic heterocycles. The van der Waals surface area contributed by atoms with Crippen LogP contribution in [0.4, 0.5) is 5.69 Å². The van der Waals surface area contributed by atoms with E-state index >= 15 is 0 Å². The molecule has 0 spiro atoms. The van der Waals surface area contributed by atoms with Gasteiger partial charge in [0.05, 0.1) is 15.6 Å². The third-order valence-electron chi connectivity index (χ3n) is 5.35. The van der Waals surface area contributed by atoms with Crippen molar-refractivity contribution in [3.05, 3.63) is 63.3 Å². The van der Waals surface area contributed by atoms with Crippen molar-refractivity contribution in [2.24, 2.45) is 0 Å². The molecule has 28 heavy (non-hydrogen) atoms. The van der Waals surface area contributed by atoms with Gasteiger partial charge in [-0.25, -0.2) is 0 Å². The first kappa shape index (κ1) is 19.3. The summed E-state index contributed by atoms with van der Waals surface area (Å²) in [5.74, 6) is -0.0452. The Morgan fingerprint density at radius 3 is 2.82 bits per heavy atom. The number of aryl methyl sites for hydroxylation is 1. The Morgan fingerprint density at radius 2 is 2.00 bits per heavy atom. The monoisotopic (exact) mass is 415 g/mol. The molecule has 3 aromatic rings. The average molecular weight is 416 g/mol. The maximum absolute atomic E-state index is 12.8. The zero-order chi connectivity index (χ0) is 19.7. The van der Waals surface area contributed by atoms with Crippen LogP contribution in [-0.4, -0.2) is 23.6 Å². The predicted molar refractivity (Wildman–Crippen MR) is 117 cm³/mol. The lowest BCUT2D eigenvalue weighted by Crippen LogP contribution is -2.21. The number of fused-ring (bicyclic) bond motifs is 3. The Balaban J connectivity index is 1.70. The van der Waals surface area contributed by atoms with Crippen molar-refractivity contribution in [2.75, 3.05) is 18.4 Å². The Kier molecular flexibility index (Phi) is 5.63. The summed E-state index contributed by atoms with van der Waals surface area (Å²) in [5, 5.41) is 8.56. The number of anilines is 1. The predicted octanol–water partition coefficient (Wildman–Crippen LogP) is 4.84. The first-order valence-corrected chi connectivity index (χ1v) is 10.4. The second-order valence-corrected chi connectivity index (χ2v) is 7.90. The van der Waals surface area contributed by atoms with Crippen molar-refractivity contribution >= 4 is 45.7 Å². The van der Waals surface area contributed by atoms with Crippen LogP contribution >= 0.6 is 23.2 Å². The van der Waals surface area contributed by atoms with Crippen LogP contribution < -0.4 is 10.6 Å². The summed E-state index contributed by atoms with van der Waals surface area (Å²) >= 11 is 12.8. The summed E-state index contributed by atoms with van der Waals surface area (Å²) in [6.07, 6.45) is 2.67. The first-order chi connectivity index (χ1) is 13.6. The van der Waals surface area contributed by atoms with E-state index in [-0.39, 0.29) is 12.5 Å². The Labute approximate surface area is 174 Å². The van der Waals surface area contributed by atoms with Crippen molar-refractivity contribution in [1.82, 2.24) is 9.88 Å². The van der Waals surface area contributed by atoms with Crippen LogP contribution in [0.2, 0.25) is 10.0 Å². The quantitative estimate of drug-likeness (QED) is 0.640. The molecule has 0 saturated carbocycles. The number of hydrogen-bond donors (Lipinski definition) is 2. The van der Waals surface area contributed by atoms with E-state index in [1.165, 1.54) is 16.8 Å². The fourth-order valence-electron chi connectivity index (χ4n) is 4.00. The number of rotatable bonds is 4. The van der Waals surface area contributed by atoms with Crippen molar-refractivity contribution in [2.45, 2.75) is 32.7 Å². The highest BCUT2D eigenvalue weighted by Crippen LogP contribution is 2.37. The molecule has 0 radical (unpaired) electrons. The largest absolute Gasteiger partial charge is 0.335 e. The van der Waals surface area contributed by atoms with E-state index in [0.29, 0.717) is 10.0 Å². The van der Waals surface area contributed by atoms with E-state index in [1.807, 2.05) is 30.3 Å². The SMILES string of the molecule is CCc1cccc(NC(=O)Cn2c3c(c4c(Cl)c(Cl)ccc42)CCNCC3)c1. The Hall–Kier alpha value is -2.01. The van der Waals surface area contributed by atoms with Crippen LogP contribution in [0, 0.1) is 0 Å². The standard InChI is InChI=1S/C22H23Cl2N3O/c1-2-14-4-3-5-15(12-14)26-20(28)13-27-18-9-11-25-10-8-16(18)21-19(27)7-6-17(23)22(21)24/h3-7,12,25H,2,8-11,13H2,1H3,(H,26,28). The van der Waals surface area contributed by atoms with E-state index in [1.54, 1.807) is 0 Å². The van der Waals surface area contributed by atoms with Gasteiger partial charge in [-0.3, -0.25) is 4.79 Å². The van der Waals surface area contributed by atoms with Crippen LogP contribution in [-0.2, 0) is 30.6 Å². The van der Waals surface area contributed by atoms with Gasteiger partial charge >= 0.3 is 0 Å². The van der Waals surface area contributed by atoms with Crippen LogP contribution in [0.15, 0.2) is 36.4 Å². The molecule has 0 bridgehead atoms. The lowest BCUT2D eigenvalue weighted by Gasteiger charge is -2.12. The summed E-state index contributed by atoms with van der Waals surface area (Å²) < 4.78 is 2.10. The number of amides is 1. The van der Waals surface area contributed by atoms with Crippen molar-refractivity contribution in [3.8, 4) is 0 Å². The molecule has 0 fully saturated rings. The van der Waals surface area contributed by atoms with Gasteiger partial charge in [0.15, 0.2) is 0 Å². The molecule has 1 amide bonds. The highest BCUT2D eigenvalue weighted by Gasteiger charge is 2.23. The molecular weight excluding hydrogens is 393 g/mol. The molecule has 146 valence electrons. The number of aromatic nitrogens is 1. The van der Waals surface area contributed by atoms with E-state index in [2.05, 4.69) is 28.2 Å². The molecule has 4 rings (SSSR count). The Bertz CT molecular complexity index is 1040. The minimum absolute atomic E-state index is 0.0452. The summed E-state index contributed by atoms with van der Waals surface area (Å²) in [5.41, 5.74) is 5.37. The van der Waals surface area contributed by atoms with Gasteiger partial charge < -0.3 is 15.2 Å². The minimum Gasteiger partial charge on any atom is -0.335 e. The summed E-state index contributed by atoms with van der Waals surface area (Å²) in [6, 6.07) is 11.8. The fourth-order valence-corrected chi connectivity index (χ4v) is 4.43. The van der Waals surface area contributed by atoms with Crippen molar-refractivity contribution < 1.29 is 4.79 Å². The molecule has 2 N–H and O–H groups in total. The van der Waals surface area contributed by atoms with Gasteiger partial charge in [-0.1, -0.05) is 42.3 Å². The maximum Gasteiger partial charge on any atom is 0.244 e. The number of benzene rings is 2. The molecule has 0 saturated heterocycles. The maximum atomic E-state index is 12.8. The van der Waals surface area contributed by atoms with Gasteiger partial charge in [0.25, 0.3) is 0 Å². The minimum atomic E-state index is -0.0452. The third kappa shape index (κ3) is 3.64. The van der Waals surface area contributed by atoms with Crippen molar-refractivity contribution in [3.63, 3.8) is 0 Å². The molecule has 0 unspecified atom stereocenters. The summed E-state index contributed by atoms with van der Waals surface area (Å²) in [6.45, 7) is 4.13. The smallest absolute Gasteiger partial charge is 0.244 e. The topological polar surface area (TPSA) is 46.1 Å². The molecule has 2 aromatic carbocycles. The molecule has 0 aliphatic carbocycles. The number of nitrogens with zero attached hydrogens (tertiary/aromatic N) is 1. The van der Waals surface area contributed by atoms with Gasteiger partial charge in [0.2, 0.25) is 5.91 Å². The van der Waals surface area contributed by atoms with Gasteiger partial charge in [-0.2, -0.15) is 0 Å². The first-order valence-electron chi connectivity index (χ1n) is 9.66. The van der Waals surface area contributed by atoms with E-state index in [0.717, 1.165) is 48.9 Å². The molecule has 1 aliphatic rings. The number of halogens is 2. The Morgan fingerprint density at radius 1 is 1.18 bits per heavy atom. The van der Waals surface area contributed by atoms with E-state index in [4.69, 9.17) is 23.2 Å². The van der Waals surface area contributed by atoms with Gasteiger partial charge in [-0.05, 0) is 54.8 Å². The summed E-state index contributed by atoms with van der Waals surface area (Å²) in [7, 11) is 0. The van der Waals surface area contributed by atoms with Crippen LogP contribution in [0.5, 0.6) is 0 Å². The second kappa shape index (κ2) is 8.16. The van der Waals surface area contributed by atoms with Gasteiger partial charge in [0, 0.05) is 29.7 Å². The van der Waals surface area contributed by atoms with Crippen LogP contribution in [0.1, 0.15) is 23.7 Å². The van der Waals surface area contributed by atoms with Gasteiger partial charge in [0.1, 0.15) is 6.54 Å². The molecule has 6 heteroatoms. The lowest BCUT2D eigenvalue weighted by atomic mass is 10.1. The summed E-state index contributed by atoms with van der Waals surface area (Å²) in [4.78, 5) is 12.8. The molecular formula is C22H23Cl2N3O. The number of carbonyl (C=O) groups excluding carboxylic acids is 1. The van der Waals surface area contributed by atoms with Crippen LogP contribution in [0.25, 0.3) is 10.9 Å². The number of hydrogen-bond acceptors (Lipinski definition) is 2. The van der Waals surface area contributed by atoms with Gasteiger partial charge in [-0.15, -0.1) is 0 Å². The highest BCUT2D eigenvalue weighted by atomic mass is 35.5. The zero-order valence-electron chi connectivity index (χ0n) is 15.8. The molecule has 0 atom stereocenters. The normalized spacial score (nSPS) is 14.0. The lowest BCUT2D eigenvalue weighted by molar-refractivity contribution is -0.116. The highest BCUT2D eigenvalue weighted by molar-refractivity contribution is 6.45. The number of carbonyl (C=O) groups is 1.